The van der Waals surface area contributed by atoms with Crippen molar-refractivity contribution >= 4 is 26.8 Å². The lowest BCUT2D eigenvalue weighted by atomic mass is 10.2. The average molecular weight is 241 g/mol. The minimum atomic E-state index is 0.258. The summed E-state index contributed by atoms with van der Waals surface area (Å²) in [5.41, 5.74) is 7.30. The molecule has 4 N–H and O–H groups in total. The fourth-order valence-electron chi connectivity index (χ4n) is 1.33. The fraction of sp³-hybridized carbons (Fsp3) is 0.111. The van der Waals surface area contributed by atoms with Gasteiger partial charge in [0.2, 0.25) is 0 Å². The van der Waals surface area contributed by atoms with Crippen molar-refractivity contribution in [3.05, 3.63) is 28.4 Å². The maximum Gasteiger partial charge on any atom is 0.139 e. The SMILES string of the molecule is NCc1cc2c(O)c(Br)ccc2[nH]1. The first kappa shape index (κ1) is 8.59. The number of H-pyrrole nitrogens is 1. The predicted octanol–water partition coefficient (Wildman–Crippen LogP) is 2.09. The zero-order valence-electron chi connectivity index (χ0n) is 6.84. The molecule has 0 bridgehead atoms. The van der Waals surface area contributed by atoms with Crippen molar-refractivity contribution in [2.24, 2.45) is 5.73 Å². The monoisotopic (exact) mass is 240 g/mol. The molecule has 0 fully saturated rings. The quantitative estimate of drug-likeness (QED) is 0.715. The van der Waals surface area contributed by atoms with Crippen molar-refractivity contribution in [2.75, 3.05) is 0 Å². The summed E-state index contributed by atoms with van der Waals surface area (Å²) in [5.74, 6) is 0.258. The van der Waals surface area contributed by atoms with Gasteiger partial charge in [-0.3, -0.25) is 0 Å². The molecule has 0 radical (unpaired) electrons. The number of fused-ring (bicyclic) bond motifs is 1. The van der Waals surface area contributed by atoms with Gasteiger partial charge in [0, 0.05) is 23.1 Å². The molecule has 0 spiro atoms. The van der Waals surface area contributed by atoms with Gasteiger partial charge in [-0.15, -0.1) is 0 Å². The van der Waals surface area contributed by atoms with Crippen LogP contribution in [0.2, 0.25) is 0 Å². The van der Waals surface area contributed by atoms with Gasteiger partial charge in [-0.25, -0.2) is 0 Å². The zero-order chi connectivity index (χ0) is 9.42. The zero-order valence-corrected chi connectivity index (χ0v) is 8.43. The van der Waals surface area contributed by atoms with E-state index in [9.17, 15) is 5.11 Å². The standard InChI is InChI=1S/C9H9BrN2O/c10-7-1-2-8-6(9(7)13)3-5(4-11)12-8/h1-3,12-13H,4,11H2. The summed E-state index contributed by atoms with van der Waals surface area (Å²) in [4.78, 5) is 3.11. The molecule has 0 aliphatic rings. The second kappa shape index (κ2) is 3.05. The maximum atomic E-state index is 9.66. The van der Waals surface area contributed by atoms with E-state index in [2.05, 4.69) is 20.9 Å². The van der Waals surface area contributed by atoms with E-state index in [0.717, 1.165) is 16.6 Å². The normalized spacial score (nSPS) is 10.9. The number of nitrogens with one attached hydrogen (secondary N) is 1. The summed E-state index contributed by atoms with van der Waals surface area (Å²) in [6.07, 6.45) is 0. The van der Waals surface area contributed by atoms with E-state index >= 15 is 0 Å². The smallest absolute Gasteiger partial charge is 0.139 e. The molecule has 1 aromatic heterocycles. The Balaban J connectivity index is 2.76. The topological polar surface area (TPSA) is 62.0 Å². The Hall–Kier alpha value is -1.00. The van der Waals surface area contributed by atoms with Gasteiger partial charge >= 0.3 is 0 Å². The van der Waals surface area contributed by atoms with Crippen molar-refractivity contribution in [3.63, 3.8) is 0 Å². The van der Waals surface area contributed by atoms with Crippen LogP contribution in [0.3, 0.4) is 0 Å². The molecule has 0 amide bonds. The van der Waals surface area contributed by atoms with Crippen LogP contribution >= 0.6 is 15.9 Å². The average Bonchev–Trinajstić information content (AvgIpc) is 2.55. The largest absolute Gasteiger partial charge is 0.506 e. The van der Waals surface area contributed by atoms with Gasteiger partial charge in [-0.1, -0.05) is 0 Å². The number of aromatic nitrogens is 1. The molecule has 0 saturated heterocycles. The molecular weight excluding hydrogens is 232 g/mol. The van der Waals surface area contributed by atoms with E-state index in [0.29, 0.717) is 11.0 Å². The number of aromatic hydroxyl groups is 1. The van der Waals surface area contributed by atoms with Crippen LogP contribution in [0.15, 0.2) is 22.7 Å². The number of aromatic amines is 1. The Kier molecular flexibility index (Phi) is 2.01. The molecule has 0 aliphatic carbocycles. The Morgan fingerprint density at radius 3 is 2.92 bits per heavy atom. The van der Waals surface area contributed by atoms with Crippen LogP contribution in [0.25, 0.3) is 10.9 Å². The van der Waals surface area contributed by atoms with E-state index in [1.807, 2.05) is 12.1 Å². The Morgan fingerprint density at radius 2 is 2.23 bits per heavy atom. The second-order valence-corrected chi connectivity index (χ2v) is 3.71. The molecule has 2 aromatic rings. The molecular formula is C9H9BrN2O. The van der Waals surface area contributed by atoms with E-state index in [1.165, 1.54) is 0 Å². The summed E-state index contributed by atoms with van der Waals surface area (Å²) in [5, 5.41) is 10.5. The van der Waals surface area contributed by atoms with E-state index in [-0.39, 0.29) is 5.75 Å². The minimum Gasteiger partial charge on any atom is -0.506 e. The summed E-state index contributed by atoms with van der Waals surface area (Å²) in [7, 11) is 0. The van der Waals surface area contributed by atoms with Gasteiger partial charge in [0.05, 0.1) is 4.47 Å². The Bertz CT molecular complexity index is 450. The van der Waals surface area contributed by atoms with Gasteiger partial charge in [-0.2, -0.15) is 0 Å². The molecule has 1 aromatic carbocycles. The highest BCUT2D eigenvalue weighted by atomic mass is 79.9. The molecule has 1 heterocycles. The van der Waals surface area contributed by atoms with Crippen molar-refractivity contribution in [2.45, 2.75) is 6.54 Å². The number of phenols is 1. The molecule has 68 valence electrons. The highest BCUT2D eigenvalue weighted by molar-refractivity contribution is 9.10. The van der Waals surface area contributed by atoms with E-state index in [1.54, 1.807) is 6.07 Å². The Morgan fingerprint density at radius 1 is 1.46 bits per heavy atom. The van der Waals surface area contributed by atoms with Crippen LogP contribution in [0.1, 0.15) is 5.69 Å². The molecule has 0 atom stereocenters. The van der Waals surface area contributed by atoms with Crippen LogP contribution in [0, 0.1) is 0 Å². The lowest BCUT2D eigenvalue weighted by Crippen LogP contribution is -1.94. The maximum absolute atomic E-state index is 9.66. The van der Waals surface area contributed by atoms with Gasteiger partial charge in [0.1, 0.15) is 5.75 Å². The van der Waals surface area contributed by atoms with Crippen molar-refractivity contribution < 1.29 is 5.11 Å². The number of benzene rings is 1. The third-order valence-corrected chi connectivity index (χ3v) is 2.64. The third-order valence-electron chi connectivity index (χ3n) is 2.00. The molecule has 2 rings (SSSR count). The molecule has 0 saturated carbocycles. The highest BCUT2D eigenvalue weighted by Crippen LogP contribution is 2.32. The van der Waals surface area contributed by atoms with Crippen LogP contribution < -0.4 is 5.73 Å². The molecule has 0 unspecified atom stereocenters. The predicted molar refractivity (Wildman–Crippen MR) is 55.6 cm³/mol. The number of halogens is 1. The third kappa shape index (κ3) is 1.32. The van der Waals surface area contributed by atoms with Crippen molar-refractivity contribution in [1.29, 1.82) is 0 Å². The lowest BCUT2D eigenvalue weighted by Gasteiger charge is -1.96. The number of phenolic OH excluding ortho intramolecular Hbond substituents is 1. The first-order valence-electron chi connectivity index (χ1n) is 3.91. The van der Waals surface area contributed by atoms with Crippen molar-refractivity contribution in [1.82, 2.24) is 4.98 Å². The first-order chi connectivity index (χ1) is 6.22. The number of rotatable bonds is 1. The van der Waals surface area contributed by atoms with E-state index < -0.39 is 0 Å². The second-order valence-electron chi connectivity index (χ2n) is 2.86. The number of hydrogen-bond donors (Lipinski definition) is 3. The number of hydrogen-bond acceptors (Lipinski definition) is 2. The highest BCUT2D eigenvalue weighted by Gasteiger charge is 2.06. The fourth-order valence-corrected chi connectivity index (χ4v) is 1.68. The minimum absolute atomic E-state index is 0.258. The summed E-state index contributed by atoms with van der Waals surface area (Å²) in [6.45, 7) is 0.450. The molecule has 0 aliphatic heterocycles. The van der Waals surface area contributed by atoms with Crippen molar-refractivity contribution in [3.8, 4) is 5.75 Å². The number of nitrogens with two attached hydrogens (primary N) is 1. The van der Waals surface area contributed by atoms with E-state index in [4.69, 9.17) is 5.73 Å². The van der Waals surface area contributed by atoms with Gasteiger partial charge in [0.15, 0.2) is 0 Å². The van der Waals surface area contributed by atoms with Crippen LogP contribution in [0.5, 0.6) is 5.75 Å². The molecule has 3 nitrogen and oxygen atoms in total. The van der Waals surface area contributed by atoms with Gasteiger partial charge < -0.3 is 15.8 Å². The van der Waals surface area contributed by atoms with Crippen LogP contribution in [0.4, 0.5) is 0 Å². The summed E-state index contributed by atoms with van der Waals surface area (Å²) >= 11 is 3.25. The van der Waals surface area contributed by atoms with Crippen LogP contribution in [-0.4, -0.2) is 10.1 Å². The van der Waals surface area contributed by atoms with Crippen LogP contribution in [-0.2, 0) is 6.54 Å². The summed E-state index contributed by atoms with van der Waals surface area (Å²) in [6, 6.07) is 5.56. The molecule has 13 heavy (non-hydrogen) atoms. The Labute approximate surface area is 83.7 Å². The molecule has 4 heteroatoms. The van der Waals surface area contributed by atoms with Gasteiger partial charge in [-0.05, 0) is 34.1 Å². The lowest BCUT2D eigenvalue weighted by molar-refractivity contribution is 0.478. The first-order valence-corrected chi connectivity index (χ1v) is 4.71. The summed E-state index contributed by atoms with van der Waals surface area (Å²) < 4.78 is 0.697. The van der Waals surface area contributed by atoms with Gasteiger partial charge in [0.25, 0.3) is 0 Å².